The van der Waals surface area contributed by atoms with Crippen molar-refractivity contribution in [1.29, 1.82) is 0 Å². The van der Waals surface area contributed by atoms with Crippen molar-refractivity contribution in [3.05, 3.63) is 40.8 Å². The normalized spacial score (nSPS) is 22.0. The first-order valence-corrected chi connectivity index (χ1v) is 11.7. The molecule has 1 amide bonds. The molecule has 32 heavy (non-hydrogen) atoms. The molecular formula is C22H25Cl2N7O. The van der Waals surface area contributed by atoms with Crippen molar-refractivity contribution in [1.82, 2.24) is 25.1 Å². The summed E-state index contributed by atoms with van der Waals surface area (Å²) in [5.41, 5.74) is 1.47. The van der Waals surface area contributed by atoms with Gasteiger partial charge in [0.05, 0.1) is 11.6 Å². The van der Waals surface area contributed by atoms with Crippen LogP contribution in [-0.4, -0.2) is 55.6 Å². The third-order valence-corrected chi connectivity index (χ3v) is 6.82. The lowest BCUT2D eigenvalue weighted by atomic mass is 9.95. The summed E-state index contributed by atoms with van der Waals surface area (Å²) < 4.78 is 0. The standard InChI is InChI=1S/C22H25Cl2N7O/c1-12-18(29-20-17-10-27-30-21(17)26-11-25-20)3-2-6-31(12)22(32)19(13-4-5-13)28-16-8-14(23)7-15(24)9-16/h7-13,18-19,28H,2-6H2,1H3,(H2,25,26,27,29,30). The molecular weight excluding hydrogens is 449 g/mol. The molecule has 2 aromatic heterocycles. The molecule has 3 unspecified atom stereocenters. The monoisotopic (exact) mass is 473 g/mol. The Bertz CT molecular complexity index is 1110. The largest absolute Gasteiger partial charge is 0.373 e. The van der Waals surface area contributed by atoms with Gasteiger partial charge in [0.2, 0.25) is 5.91 Å². The number of carbonyl (C=O) groups is 1. The van der Waals surface area contributed by atoms with Crippen molar-refractivity contribution in [2.45, 2.75) is 50.7 Å². The zero-order valence-corrected chi connectivity index (χ0v) is 19.2. The first-order valence-electron chi connectivity index (χ1n) is 10.9. The molecule has 3 atom stereocenters. The van der Waals surface area contributed by atoms with Crippen molar-refractivity contribution in [3.8, 4) is 0 Å². The van der Waals surface area contributed by atoms with Gasteiger partial charge in [-0.05, 0) is 56.7 Å². The highest BCUT2D eigenvalue weighted by Gasteiger charge is 2.41. The highest BCUT2D eigenvalue weighted by Crippen LogP contribution is 2.37. The average molecular weight is 474 g/mol. The number of benzene rings is 1. The number of hydrogen-bond acceptors (Lipinski definition) is 6. The fraction of sp³-hybridized carbons (Fsp3) is 0.455. The fourth-order valence-corrected chi connectivity index (χ4v) is 5.04. The van der Waals surface area contributed by atoms with E-state index in [-0.39, 0.29) is 24.0 Å². The molecule has 1 aromatic carbocycles. The molecule has 8 nitrogen and oxygen atoms in total. The van der Waals surface area contributed by atoms with Gasteiger partial charge in [0.1, 0.15) is 18.2 Å². The Labute approximate surface area is 196 Å². The van der Waals surface area contributed by atoms with Crippen molar-refractivity contribution in [2.24, 2.45) is 5.92 Å². The lowest BCUT2D eigenvalue weighted by Gasteiger charge is -2.41. The molecule has 1 aliphatic heterocycles. The summed E-state index contributed by atoms with van der Waals surface area (Å²) >= 11 is 12.3. The van der Waals surface area contributed by atoms with Crippen molar-refractivity contribution >= 4 is 51.6 Å². The Morgan fingerprint density at radius 2 is 1.97 bits per heavy atom. The number of piperidine rings is 1. The van der Waals surface area contributed by atoms with Crippen LogP contribution in [0.3, 0.4) is 0 Å². The maximum absolute atomic E-state index is 13.7. The minimum atomic E-state index is -0.287. The molecule has 1 aliphatic carbocycles. The maximum atomic E-state index is 13.7. The Balaban J connectivity index is 1.33. The molecule has 3 heterocycles. The van der Waals surface area contributed by atoms with Crippen LogP contribution in [0.5, 0.6) is 0 Å². The van der Waals surface area contributed by atoms with Gasteiger partial charge in [-0.25, -0.2) is 9.97 Å². The number of fused-ring (bicyclic) bond motifs is 1. The molecule has 10 heteroatoms. The summed E-state index contributed by atoms with van der Waals surface area (Å²) in [6, 6.07) is 5.12. The second kappa shape index (κ2) is 8.75. The van der Waals surface area contributed by atoms with Crippen LogP contribution in [0.25, 0.3) is 11.0 Å². The minimum absolute atomic E-state index is 0.0131. The SMILES string of the molecule is CC1C(Nc2ncnc3[nH]ncc23)CCCN1C(=O)C(Nc1cc(Cl)cc(Cl)c1)C1CC1. The van der Waals surface area contributed by atoms with E-state index in [4.69, 9.17) is 23.2 Å². The number of carbonyl (C=O) groups excluding carboxylic acids is 1. The fourth-order valence-electron chi connectivity index (χ4n) is 4.51. The van der Waals surface area contributed by atoms with Crippen LogP contribution in [0.4, 0.5) is 11.5 Å². The van der Waals surface area contributed by atoms with E-state index in [1.165, 1.54) is 6.33 Å². The number of nitrogens with one attached hydrogen (secondary N) is 3. The smallest absolute Gasteiger partial charge is 0.245 e. The summed E-state index contributed by atoms with van der Waals surface area (Å²) in [6.45, 7) is 2.84. The van der Waals surface area contributed by atoms with Crippen molar-refractivity contribution in [3.63, 3.8) is 0 Å². The van der Waals surface area contributed by atoms with Crippen LogP contribution >= 0.6 is 23.2 Å². The number of hydrogen-bond donors (Lipinski definition) is 3. The van der Waals surface area contributed by atoms with Crippen molar-refractivity contribution < 1.29 is 4.79 Å². The van der Waals surface area contributed by atoms with E-state index in [1.807, 2.05) is 17.0 Å². The number of aromatic nitrogens is 4. The molecule has 2 aliphatic rings. The molecule has 0 bridgehead atoms. The lowest BCUT2D eigenvalue weighted by Crippen LogP contribution is -2.56. The minimum Gasteiger partial charge on any atom is -0.373 e. The molecule has 168 valence electrons. The van der Waals surface area contributed by atoms with Crippen LogP contribution in [0.15, 0.2) is 30.7 Å². The van der Waals surface area contributed by atoms with Crippen LogP contribution in [0.2, 0.25) is 10.0 Å². The van der Waals surface area contributed by atoms with Crippen LogP contribution in [0.1, 0.15) is 32.6 Å². The first kappa shape index (κ1) is 21.3. The molecule has 3 N–H and O–H groups in total. The molecule has 2 fully saturated rings. The molecule has 0 spiro atoms. The lowest BCUT2D eigenvalue weighted by molar-refractivity contribution is -0.136. The topological polar surface area (TPSA) is 98.8 Å². The predicted molar refractivity (Wildman–Crippen MR) is 126 cm³/mol. The number of rotatable bonds is 6. The average Bonchev–Trinajstić information content (AvgIpc) is 3.48. The number of H-pyrrole nitrogens is 1. The van der Waals surface area contributed by atoms with Crippen molar-refractivity contribution in [2.75, 3.05) is 17.2 Å². The van der Waals surface area contributed by atoms with Gasteiger partial charge >= 0.3 is 0 Å². The Kier molecular flexibility index (Phi) is 5.82. The number of likely N-dealkylation sites (tertiary alicyclic amines) is 1. The predicted octanol–water partition coefficient (Wildman–Crippen LogP) is 4.34. The second-order valence-electron chi connectivity index (χ2n) is 8.64. The van der Waals surface area contributed by atoms with Gasteiger partial charge in [-0.1, -0.05) is 23.2 Å². The van der Waals surface area contributed by atoms with E-state index < -0.39 is 0 Å². The van der Waals surface area contributed by atoms with E-state index in [9.17, 15) is 4.79 Å². The number of halogens is 2. The molecule has 1 saturated heterocycles. The van der Waals surface area contributed by atoms with E-state index in [0.717, 1.165) is 49.1 Å². The first-order chi connectivity index (χ1) is 15.5. The molecule has 1 saturated carbocycles. The molecule has 3 aromatic rings. The highest BCUT2D eigenvalue weighted by molar-refractivity contribution is 6.35. The Morgan fingerprint density at radius 1 is 1.19 bits per heavy atom. The number of amides is 1. The summed E-state index contributed by atoms with van der Waals surface area (Å²) in [4.78, 5) is 24.3. The summed E-state index contributed by atoms with van der Waals surface area (Å²) in [5, 5.41) is 15.8. The number of aromatic amines is 1. The number of anilines is 2. The van der Waals surface area contributed by atoms with Crippen LogP contribution < -0.4 is 10.6 Å². The van der Waals surface area contributed by atoms with Gasteiger partial charge in [0.25, 0.3) is 0 Å². The van der Waals surface area contributed by atoms with Gasteiger partial charge in [-0.15, -0.1) is 0 Å². The van der Waals surface area contributed by atoms with E-state index in [1.54, 1.807) is 12.3 Å². The Hall–Kier alpha value is -2.58. The van der Waals surface area contributed by atoms with Gasteiger partial charge in [0.15, 0.2) is 5.65 Å². The van der Waals surface area contributed by atoms with Gasteiger partial charge in [-0.3, -0.25) is 9.89 Å². The van der Waals surface area contributed by atoms with E-state index in [0.29, 0.717) is 21.6 Å². The summed E-state index contributed by atoms with van der Waals surface area (Å²) in [5.74, 6) is 1.19. The third kappa shape index (κ3) is 4.34. The molecule has 5 rings (SSSR count). The third-order valence-electron chi connectivity index (χ3n) is 6.39. The maximum Gasteiger partial charge on any atom is 0.245 e. The van der Waals surface area contributed by atoms with Gasteiger partial charge < -0.3 is 15.5 Å². The van der Waals surface area contributed by atoms with Gasteiger partial charge in [0, 0.05) is 34.4 Å². The molecule has 0 radical (unpaired) electrons. The Morgan fingerprint density at radius 3 is 2.72 bits per heavy atom. The zero-order chi connectivity index (χ0) is 22.2. The second-order valence-corrected chi connectivity index (χ2v) is 9.51. The van der Waals surface area contributed by atoms with E-state index in [2.05, 4.69) is 37.7 Å². The van der Waals surface area contributed by atoms with E-state index >= 15 is 0 Å². The van der Waals surface area contributed by atoms with Gasteiger partial charge in [-0.2, -0.15) is 5.10 Å². The quantitative estimate of drug-likeness (QED) is 0.492. The number of nitrogens with zero attached hydrogens (tertiary/aromatic N) is 4. The highest BCUT2D eigenvalue weighted by atomic mass is 35.5. The van der Waals surface area contributed by atoms with Crippen LogP contribution in [-0.2, 0) is 4.79 Å². The zero-order valence-electron chi connectivity index (χ0n) is 17.7. The van der Waals surface area contributed by atoms with Crippen LogP contribution in [0, 0.1) is 5.92 Å². The summed E-state index contributed by atoms with van der Waals surface area (Å²) in [6.07, 6.45) is 7.20. The summed E-state index contributed by atoms with van der Waals surface area (Å²) in [7, 11) is 0.